The Labute approximate surface area is 99.8 Å². The molecule has 0 saturated carbocycles. The number of rotatable bonds is 3. The summed E-state index contributed by atoms with van der Waals surface area (Å²) in [6.45, 7) is 3.36. The van der Waals surface area contributed by atoms with E-state index in [4.69, 9.17) is 9.84 Å². The van der Waals surface area contributed by atoms with Crippen LogP contribution in [0.4, 0.5) is 5.82 Å². The van der Waals surface area contributed by atoms with Crippen LogP contribution in [0.25, 0.3) is 0 Å². The molecule has 0 aromatic carbocycles. The lowest BCUT2D eigenvalue weighted by Crippen LogP contribution is -2.43. The molecule has 0 bridgehead atoms. The van der Waals surface area contributed by atoms with Crippen LogP contribution in [0.1, 0.15) is 30.1 Å². The zero-order chi connectivity index (χ0) is 12.3. The summed E-state index contributed by atoms with van der Waals surface area (Å²) >= 11 is 0. The van der Waals surface area contributed by atoms with Crippen LogP contribution >= 0.6 is 0 Å². The van der Waals surface area contributed by atoms with Gasteiger partial charge in [0.1, 0.15) is 11.4 Å². The third kappa shape index (κ3) is 2.74. The molecule has 2 heterocycles. The van der Waals surface area contributed by atoms with Gasteiger partial charge in [0.15, 0.2) is 0 Å². The highest BCUT2D eigenvalue weighted by molar-refractivity contribution is 5.93. The van der Waals surface area contributed by atoms with E-state index in [9.17, 15) is 4.79 Å². The fourth-order valence-electron chi connectivity index (χ4n) is 2.00. The molecule has 1 unspecified atom stereocenters. The van der Waals surface area contributed by atoms with Gasteiger partial charge < -0.3 is 15.2 Å². The van der Waals surface area contributed by atoms with Gasteiger partial charge in [0, 0.05) is 12.8 Å². The number of carboxylic acids is 1. The van der Waals surface area contributed by atoms with Gasteiger partial charge in [-0.2, -0.15) is 0 Å². The molecule has 0 amide bonds. The van der Waals surface area contributed by atoms with Crippen LogP contribution in [-0.2, 0) is 4.74 Å². The van der Waals surface area contributed by atoms with Crippen molar-refractivity contribution in [2.24, 2.45) is 0 Å². The largest absolute Gasteiger partial charge is 0.478 e. The summed E-state index contributed by atoms with van der Waals surface area (Å²) in [7, 11) is 0. The Hall–Kier alpha value is -1.62. The summed E-state index contributed by atoms with van der Waals surface area (Å²) in [5.41, 5.74) is -0.0455. The van der Waals surface area contributed by atoms with Crippen molar-refractivity contribution < 1.29 is 14.6 Å². The molecule has 5 heteroatoms. The van der Waals surface area contributed by atoms with E-state index in [1.165, 1.54) is 0 Å². The molecule has 1 saturated heterocycles. The second-order valence-electron chi connectivity index (χ2n) is 4.55. The monoisotopic (exact) mass is 236 g/mol. The number of carbonyl (C=O) groups is 1. The second kappa shape index (κ2) is 4.71. The first-order chi connectivity index (χ1) is 8.11. The average Bonchev–Trinajstić information content (AvgIpc) is 2.29. The summed E-state index contributed by atoms with van der Waals surface area (Å²) in [6, 6.07) is 3.17. The molecular weight excluding hydrogens is 220 g/mol. The third-order valence-electron chi connectivity index (χ3n) is 2.90. The summed E-state index contributed by atoms with van der Waals surface area (Å²) in [6.07, 6.45) is 3.50. The molecule has 17 heavy (non-hydrogen) atoms. The van der Waals surface area contributed by atoms with Gasteiger partial charge in [-0.25, -0.2) is 9.78 Å². The number of nitrogens with zero attached hydrogens (tertiary/aromatic N) is 1. The first-order valence-electron chi connectivity index (χ1n) is 5.65. The minimum Gasteiger partial charge on any atom is -0.478 e. The number of ether oxygens (including phenoxy) is 1. The maximum Gasteiger partial charge on any atom is 0.339 e. The zero-order valence-electron chi connectivity index (χ0n) is 9.77. The van der Waals surface area contributed by atoms with Crippen LogP contribution in [-0.4, -0.2) is 34.8 Å². The molecule has 2 rings (SSSR count). The van der Waals surface area contributed by atoms with Crippen molar-refractivity contribution in [2.45, 2.75) is 25.3 Å². The average molecular weight is 236 g/mol. The van der Waals surface area contributed by atoms with E-state index >= 15 is 0 Å². The number of hydrogen-bond donors (Lipinski definition) is 2. The number of carboxylic acid groups (broad SMARTS) is 1. The molecule has 0 spiro atoms. The predicted molar refractivity (Wildman–Crippen MR) is 63.3 cm³/mol. The lowest BCUT2D eigenvalue weighted by atomic mass is 9.94. The van der Waals surface area contributed by atoms with E-state index in [2.05, 4.69) is 10.3 Å². The number of nitrogens with one attached hydrogen (secondary N) is 1. The number of aromatic carboxylic acids is 1. The molecule has 0 radical (unpaired) electrons. The quantitative estimate of drug-likeness (QED) is 0.836. The maximum absolute atomic E-state index is 11.1. The Bertz CT molecular complexity index is 414. The standard InChI is InChI=1S/C12H16N2O3/c1-12(5-3-7-17-8-12)14-10-9(11(15)16)4-2-6-13-10/h2,4,6H,3,5,7-8H2,1H3,(H,13,14)(H,15,16). The van der Waals surface area contributed by atoms with Crippen LogP contribution in [0, 0.1) is 0 Å². The summed E-state index contributed by atoms with van der Waals surface area (Å²) < 4.78 is 5.42. The van der Waals surface area contributed by atoms with E-state index in [0.29, 0.717) is 12.4 Å². The molecular formula is C12H16N2O3. The molecule has 0 aliphatic carbocycles. The Morgan fingerprint density at radius 1 is 1.65 bits per heavy atom. The van der Waals surface area contributed by atoms with Crippen molar-refractivity contribution in [3.05, 3.63) is 23.9 Å². The Kier molecular flexibility index (Phi) is 3.28. The van der Waals surface area contributed by atoms with Crippen molar-refractivity contribution in [1.82, 2.24) is 4.98 Å². The molecule has 92 valence electrons. The van der Waals surface area contributed by atoms with Crippen molar-refractivity contribution in [2.75, 3.05) is 18.5 Å². The summed E-state index contributed by atoms with van der Waals surface area (Å²) in [5, 5.41) is 12.3. The smallest absolute Gasteiger partial charge is 0.339 e. The van der Waals surface area contributed by atoms with Crippen molar-refractivity contribution in [3.8, 4) is 0 Å². The normalized spacial score (nSPS) is 24.3. The Morgan fingerprint density at radius 2 is 2.47 bits per heavy atom. The van der Waals surface area contributed by atoms with Crippen molar-refractivity contribution in [1.29, 1.82) is 0 Å². The van der Waals surface area contributed by atoms with E-state index in [-0.39, 0.29) is 11.1 Å². The highest BCUT2D eigenvalue weighted by atomic mass is 16.5. The maximum atomic E-state index is 11.1. The SMILES string of the molecule is CC1(Nc2ncccc2C(=O)O)CCCOC1. The summed E-state index contributed by atoms with van der Waals surface area (Å²) in [5.74, 6) is -0.561. The number of hydrogen-bond acceptors (Lipinski definition) is 4. The van der Waals surface area contributed by atoms with Gasteiger partial charge >= 0.3 is 5.97 Å². The Balaban J connectivity index is 2.20. The topological polar surface area (TPSA) is 71.5 Å². The predicted octanol–water partition coefficient (Wildman–Crippen LogP) is 1.76. The van der Waals surface area contributed by atoms with Crippen LogP contribution < -0.4 is 5.32 Å². The third-order valence-corrected chi connectivity index (χ3v) is 2.90. The fraction of sp³-hybridized carbons (Fsp3) is 0.500. The van der Waals surface area contributed by atoms with E-state index in [1.54, 1.807) is 18.3 Å². The van der Waals surface area contributed by atoms with Gasteiger partial charge in [-0.1, -0.05) is 0 Å². The van der Waals surface area contributed by atoms with Gasteiger partial charge in [-0.3, -0.25) is 0 Å². The van der Waals surface area contributed by atoms with Crippen LogP contribution in [0.2, 0.25) is 0 Å². The molecule has 1 fully saturated rings. The van der Waals surface area contributed by atoms with Crippen LogP contribution in [0.3, 0.4) is 0 Å². The first-order valence-corrected chi connectivity index (χ1v) is 5.65. The lowest BCUT2D eigenvalue weighted by molar-refractivity contribution is 0.0537. The molecule has 1 aliphatic heterocycles. The highest BCUT2D eigenvalue weighted by Gasteiger charge is 2.29. The minimum absolute atomic E-state index is 0.194. The number of pyridine rings is 1. The summed E-state index contributed by atoms with van der Waals surface area (Å²) in [4.78, 5) is 15.1. The van der Waals surface area contributed by atoms with E-state index in [1.807, 2.05) is 6.92 Å². The molecule has 1 aliphatic rings. The van der Waals surface area contributed by atoms with Gasteiger partial charge in [0.05, 0.1) is 12.1 Å². The Morgan fingerprint density at radius 3 is 3.12 bits per heavy atom. The van der Waals surface area contributed by atoms with Gasteiger partial charge in [-0.15, -0.1) is 0 Å². The minimum atomic E-state index is -0.971. The van der Waals surface area contributed by atoms with Crippen molar-refractivity contribution in [3.63, 3.8) is 0 Å². The molecule has 1 aromatic heterocycles. The highest BCUT2D eigenvalue weighted by Crippen LogP contribution is 2.24. The zero-order valence-corrected chi connectivity index (χ0v) is 9.77. The van der Waals surface area contributed by atoms with E-state index < -0.39 is 5.97 Å². The molecule has 1 aromatic rings. The first kappa shape index (κ1) is 11.9. The second-order valence-corrected chi connectivity index (χ2v) is 4.55. The number of aromatic nitrogens is 1. The van der Waals surface area contributed by atoms with Crippen LogP contribution in [0.15, 0.2) is 18.3 Å². The van der Waals surface area contributed by atoms with Gasteiger partial charge in [0.2, 0.25) is 0 Å². The molecule has 2 N–H and O–H groups in total. The molecule has 5 nitrogen and oxygen atoms in total. The van der Waals surface area contributed by atoms with Crippen LogP contribution in [0.5, 0.6) is 0 Å². The van der Waals surface area contributed by atoms with E-state index in [0.717, 1.165) is 19.4 Å². The van der Waals surface area contributed by atoms with Gasteiger partial charge in [0.25, 0.3) is 0 Å². The molecule has 1 atom stereocenters. The lowest BCUT2D eigenvalue weighted by Gasteiger charge is -2.35. The van der Waals surface area contributed by atoms with Crippen molar-refractivity contribution >= 4 is 11.8 Å². The number of anilines is 1. The van der Waals surface area contributed by atoms with Gasteiger partial charge in [-0.05, 0) is 31.9 Å². The fourth-order valence-corrected chi connectivity index (χ4v) is 2.00.